The highest BCUT2D eigenvalue weighted by Gasteiger charge is 2.62. The Bertz CT molecular complexity index is 1270. The second-order valence-corrected chi connectivity index (χ2v) is 10.4. The fraction of sp³-hybridized carbons (Fsp3) is 0.480. The van der Waals surface area contributed by atoms with Crippen LogP contribution in [-0.4, -0.2) is 38.1 Å². The van der Waals surface area contributed by atoms with Gasteiger partial charge in [0.05, 0.1) is 34.5 Å². The molecule has 7 rings (SSSR count). The maximum Gasteiger partial charge on any atom is 0.216 e. The summed E-state index contributed by atoms with van der Waals surface area (Å²) in [4.78, 5) is 6.31. The van der Waals surface area contributed by atoms with E-state index in [9.17, 15) is 14.8 Å². The van der Waals surface area contributed by atoms with Crippen molar-refractivity contribution in [3.8, 4) is 11.8 Å². The van der Waals surface area contributed by atoms with E-state index in [-0.39, 0.29) is 11.5 Å². The van der Waals surface area contributed by atoms with Gasteiger partial charge in [0, 0.05) is 35.5 Å². The van der Waals surface area contributed by atoms with Crippen LogP contribution >= 0.6 is 0 Å². The van der Waals surface area contributed by atoms with Crippen molar-refractivity contribution in [2.75, 3.05) is 11.4 Å². The molecule has 1 aromatic carbocycles. The van der Waals surface area contributed by atoms with Crippen LogP contribution in [-0.2, 0) is 5.41 Å². The van der Waals surface area contributed by atoms with Crippen molar-refractivity contribution in [3.05, 3.63) is 48.0 Å². The first-order chi connectivity index (χ1) is 15.2. The number of anilines is 1. The van der Waals surface area contributed by atoms with Crippen LogP contribution in [0, 0.1) is 22.7 Å². The van der Waals surface area contributed by atoms with Crippen molar-refractivity contribution >= 4 is 16.7 Å². The minimum Gasteiger partial charge on any atom is -0.390 e. The third-order valence-electron chi connectivity index (χ3n) is 8.31. The molecule has 2 saturated carbocycles. The van der Waals surface area contributed by atoms with E-state index in [1.165, 1.54) is 6.07 Å². The summed E-state index contributed by atoms with van der Waals surface area (Å²) in [5, 5.41) is 25.9. The molecule has 1 N–H and O–H groups in total. The molecule has 32 heavy (non-hydrogen) atoms. The molecule has 0 amide bonds. The monoisotopic (exact) mass is 431 g/mol. The van der Waals surface area contributed by atoms with Gasteiger partial charge in [-0.15, -0.1) is 0 Å². The first-order valence-corrected chi connectivity index (χ1v) is 11.3. The lowest BCUT2D eigenvalue weighted by atomic mass is 9.61. The van der Waals surface area contributed by atoms with Crippen LogP contribution in [0.2, 0.25) is 0 Å². The Balaban J connectivity index is 1.40. The van der Waals surface area contributed by atoms with Crippen LogP contribution in [0.25, 0.3) is 16.6 Å². The number of pyridine rings is 1. The van der Waals surface area contributed by atoms with E-state index < -0.39 is 17.0 Å². The van der Waals surface area contributed by atoms with E-state index in [1.807, 2.05) is 38.1 Å². The zero-order chi connectivity index (χ0) is 22.3. The van der Waals surface area contributed by atoms with Gasteiger partial charge in [0.1, 0.15) is 5.82 Å². The van der Waals surface area contributed by atoms with Crippen molar-refractivity contribution in [2.24, 2.45) is 5.41 Å². The molecule has 2 bridgehead atoms. The smallest absolute Gasteiger partial charge is 0.216 e. The normalized spacial score (nSPS) is 26.0. The van der Waals surface area contributed by atoms with Gasteiger partial charge in [-0.25, -0.2) is 9.67 Å². The minimum absolute atomic E-state index is 0.159. The summed E-state index contributed by atoms with van der Waals surface area (Å²) in [5.74, 6) is 0.0344. The summed E-state index contributed by atoms with van der Waals surface area (Å²) in [6.07, 6.45) is 6.37. The Morgan fingerprint density at radius 3 is 2.62 bits per heavy atom. The molecule has 7 heteroatoms. The lowest BCUT2D eigenvalue weighted by Gasteiger charge is -2.45. The minimum atomic E-state index is -0.777. The van der Waals surface area contributed by atoms with Crippen molar-refractivity contribution in [3.63, 3.8) is 0 Å². The van der Waals surface area contributed by atoms with Gasteiger partial charge in [-0.3, -0.25) is 0 Å². The Kier molecular flexibility index (Phi) is 3.87. The Labute approximate surface area is 186 Å². The van der Waals surface area contributed by atoms with Gasteiger partial charge < -0.3 is 10.0 Å². The molecule has 4 heterocycles. The zero-order valence-electron chi connectivity index (χ0n) is 18.3. The predicted octanol–water partition coefficient (Wildman–Crippen LogP) is 4.24. The Hall–Kier alpha value is -2.98. The van der Waals surface area contributed by atoms with Crippen molar-refractivity contribution in [2.45, 2.75) is 63.0 Å². The highest BCUT2D eigenvalue weighted by molar-refractivity contribution is 5.81. The average Bonchev–Trinajstić information content (AvgIpc) is 3.38. The van der Waals surface area contributed by atoms with E-state index in [0.717, 1.165) is 48.6 Å². The van der Waals surface area contributed by atoms with Gasteiger partial charge in [-0.2, -0.15) is 14.8 Å². The van der Waals surface area contributed by atoms with E-state index in [0.29, 0.717) is 18.1 Å². The third-order valence-corrected chi connectivity index (χ3v) is 8.31. The van der Waals surface area contributed by atoms with Gasteiger partial charge in [-0.05, 0) is 57.6 Å². The molecule has 2 aliphatic carbocycles. The SMILES string of the molecule is CC(C)(O)C12CC(C1)N(c1cc(-n3ncc4ccc(C5(C#N)CCC5)cc43)cc(F)n1)C2. The molecule has 4 aliphatic rings. The van der Waals surface area contributed by atoms with Crippen LogP contribution in [0.1, 0.15) is 51.5 Å². The topological polar surface area (TPSA) is 78.0 Å². The first-order valence-electron chi connectivity index (χ1n) is 11.3. The van der Waals surface area contributed by atoms with Gasteiger partial charge in [0.2, 0.25) is 5.95 Å². The molecule has 164 valence electrons. The summed E-state index contributed by atoms with van der Waals surface area (Å²) >= 11 is 0. The third kappa shape index (κ3) is 2.59. The quantitative estimate of drug-likeness (QED) is 0.625. The van der Waals surface area contributed by atoms with E-state index in [4.69, 9.17) is 0 Å². The van der Waals surface area contributed by atoms with Crippen LogP contribution in [0.5, 0.6) is 0 Å². The summed E-state index contributed by atoms with van der Waals surface area (Å²) in [5.41, 5.74) is 1.12. The summed E-state index contributed by atoms with van der Waals surface area (Å²) in [6.45, 7) is 4.40. The number of fused-ring (bicyclic) bond motifs is 2. The number of hydrogen-bond acceptors (Lipinski definition) is 5. The summed E-state index contributed by atoms with van der Waals surface area (Å²) in [7, 11) is 0. The Morgan fingerprint density at radius 1 is 1.22 bits per heavy atom. The van der Waals surface area contributed by atoms with E-state index >= 15 is 0 Å². The van der Waals surface area contributed by atoms with Crippen molar-refractivity contribution < 1.29 is 9.50 Å². The number of nitrogens with zero attached hydrogens (tertiary/aromatic N) is 5. The van der Waals surface area contributed by atoms with Gasteiger partial charge >= 0.3 is 0 Å². The maximum absolute atomic E-state index is 14.7. The zero-order valence-corrected chi connectivity index (χ0v) is 18.3. The number of hydrogen-bond donors (Lipinski definition) is 1. The molecule has 4 fully saturated rings. The highest BCUT2D eigenvalue weighted by atomic mass is 19.1. The number of aromatic nitrogens is 3. The molecule has 0 unspecified atom stereocenters. The van der Waals surface area contributed by atoms with Gasteiger partial charge in [0.25, 0.3) is 0 Å². The van der Waals surface area contributed by atoms with Crippen molar-refractivity contribution in [1.29, 1.82) is 5.26 Å². The molecular weight excluding hydrogens is 405 g/mol. The molecule has 0 radical (unpaired) electrons. The van der Waals surface area contributed by atoms with Crippen LogP contribution < -0.4 is 4.90 Å². The fourth-order valence-corrected chi connectivity index (χ4v) is 5.86. The standard InChI is InChI=1S/C25H26FN5O/c1-23(2,32)25-11-19(12-25)30(15-25)22-10-18(9-21(26)29-22)31-20-8-17(5-4-16(20)13-28-31)24(14-27)6-3-7-24/h4-5,8-10,13,19,32H,3,6-7,11-12,15H2,1-2H3. The van der Waals surface area contributed by atoms with E-state index in [1.54, 1.807) is 10.9 Å². The highest BCUT2D eigenvalue weighted by Crippen LogP contribution is 2.58. The second-order valence-electron chi connectivity index (χ2n) is 10.4. The van der Waals surface area contributed by atoms with Crippen LogP contribution in [0.4, 0.5) is 10.2 Å². The molecule has 0 spiro atoms. The number of halogens is 1. The van der Waals surface area contributed by atoms with Gasteiger partial charge in [0.15, 0.2) is 0 Å². The average molecular weight is 432 g/mol. The lowest BCUT2D eigenvalue weighted by Crippen LogP contribution is -2.50. The number of aliphatic hydroxyl groups is 1. The van der Waals surface area contributed by atoms with E-state index in [2.05, 4.69) is 21.1 Å². The molecule has 2 saturated heterocycles. The molecular formula is C25H26FN5O. The largest absolute Gasteiger partial charge is 0.390 e. The maximum atomic E-state index is 14.7. The molecule has 2 aliphatic heterocycles. The Morgan fingerprint density at radius 2 is 2.00 bits per heavy atom. The van der Waals surface area contributed by atoms with Crippen molar-refractivity contribution in [1.82, 2.24) is 14.8 Å². The summed E-state index contributed by atoms with van der Waals surface area (Å²) in [6, 6.07) is 12.1. The summed E-state index contributed by atoms with van der Waals surface area (Å²) < 4.78 is 16.4. The predicted molar refractivity (Wildman–Crippen MR) is 119 cm³/mol. The number of benzene rings is 1. The first kappa shape index (κ1) is 19.7. The fourth-order valence-electron chi connectivity index (χ4n) is 5.86. The number of rotatable bonds is 4. The molecule has 2 aromatic heterocycles. The van der Waals surface area contributed by atoms with Crippen LogP contribution in [0.3, 0.4) is 0 Å². The lowest BCUT2D eigenvalue weighted by molar-refractivity contribution is -0.0754. The molecule has 3 aromatic rings. The molecule has 6 nitrogen and oxygen atoms in total. The van der Waals surface area contributed by atoms with Gasteiger partial charge in [-0.1, -0.05) is 12.1 Å². The van der Waals surface area contributed by atoms with Crippen LogP contribution in [0.15, 0.2) is 36.5 Å². The molecule has 0 atom stereocenters. The number of nitriles is 1. The second kappa shape index (κ2) is 6.29.